The summed E-state index contributed by atoms with van der Waals surface area (Å²) in [6, 6.07) is 16.3. The van der Waals surface area contributed by atoms with E-state index in [-0.39, 0.29) is 0 Å². The molecule has 0 saturated carbocycles. The van der Waals surface area contributed by atoms with Crippen LogP contribution in [0.4, 0.5) is 16.5 Å². The topological polar surface area (TPSA) is 57.9 Å². The molecule has 0 radical (unpaired) electrons. The number of aromatic nitrogens is 1. The van der Waals surface area contributed by atoms with Gasteiger partial charge in [-0.15, -0.1) is 11.3 Å². The molecule has 1 saturated heterocycles. The molecule has 2 heterocycles. The number of likely N-dealkylation sites (N-methyl/N-ethyl adjacent to an activating group) is 1. The first kappa shape index (κ1) is 18.7. The summed E-state index contributed by atoms with van der Waals surface area (Å²) in [7, 11) is 3.82. The van der Waals surface area contributed by atoms with Gasteiger partial charge in [0.25, 0.3) is 0 Å². The highest BCUT2D eigenvalue weighted by Crippen LogP contribution is 2.32. The number of anilines is 3. The van der Waals surface area contributed by atoms with Crippen LogP contribution in [0, 0.1) is 0 Å². The SMILES string of the molecule is COc1cccc(N(N)c2nc(-c3ccc(N4CCN(C)CC4)cc3)cs2)c1. The van der Waals surface area contributed by atoms with Crippen LogP contribution in [0.15, 0.2) is 53.9 Å². The second-order valence-electron chi connectivity index (χ2n) is 6.92. The van der Waals surface area contributed by atoms with Crippen LogP contribution < -0.4 is 20.5 Å². The van der Waals surface area contributed by atoms with Crippen molar-refractivity contribution in [3.05, 3.63) is 53.9 Å². The lowest BCUT2D eigenvalue weighted by Gasteiger charge is -2.34. The molecule has 0 atom stereocenters. The molecule has 3 aromatic rings. The van der Waals surface area contributed by atoms with Crippen molar-refractivity contribution in [2.24, 2.45) is 5.84 Å². The molecule has 0 bridgehead atoms. The quantitative estimate of drug-likeness (QED) is 0.526. The van der Waals surface area contributed by atoms with E-state index in [1.807, 2.05) is 29.6 Å². The number of piperazine rings is 1. The van der Waals surface area contributed by atoms with Crippen LogP contribution in [0.25, 0.3) is 11.3 Å². The number of nitrogens with two attached hydrogens (primary N) is 1. The summed E-state index contributed by atoms with van der Waals surface area (Å²) in [4.78, 5) is 9.52. The molecule has 4 rings (SSSR count). The van der Waals surface area contributed by atoms with Gasteiger partial charge < -0.3 is 14.5 Å². The number of hydrogen-bond donors (Lipinski definition) is 1. The molecule has 1 aliphatic rings. The molecule has 1 fully saturated rings. The van der Waals surface area contributed by atoms with E-state index >= 15 is 0 Å². The van der Waals surface area contributed by atoms with Gasteiger partial charge in [0, 0.05) is 48.9 Å². The van der Waals surface area contributed by atoms with Crippen LogP contribution >= 0.6 is 11.3 Å². The maximum atomic E-state index is 6.28. The maximum Gasteiger partial charge on any atom is 0.205 e. The number of hydrogen-bond acceptors (Lipinski definition) is 7. The van der Waals surface area contributed by atoms with Crippen LogP contribution in [-0.4, -0.2) is 50.2 Å². The van der Waals surface area contributed by atoms with Gasteiger partial charge in [-0.1, -0.05) is 18.2 Å². The Hall–Kier alpha value is -2.61. The van der Waals surface area contributed by atoms with Crippen LogP contribution in [0.3, 0.4) is 0 Å². The van der Waals surface area contributed by atoms with E-state index < -0.39 is 0 Å². The predicted molar refractivity (Wildman–Crippen MR) is 117 cm³/mol. The first-order valence-electron chi connectivity index (χ1n) is 9.32. The lowest BCUT2D eigenvalue weighted by atomic mass is 10.1. The minimum absolute atomic E-state index is 0.742. The highest BCUT2D eigenvalue weighted by Gasteiger charge is 2.15. The Morgan fingerprint density at radius 3 is 2.54 bits per heavy atom. The summed E-state index contributed by atoms with van der Waals surface area (Å²) in [5.74, 6) is 7.05. The molecule has 146 valence electrons. The summed E-state index contributed by atoms with van der Waals surface area (Å²) in [5, 5.41) is 4.38. The van der Waals surface area contributed by atoms with Crippen LogP contribution in [0.2, 0.25) is 0 Å². The molecule has 2 aromatic carbocycles. The highest BCUT2D eigenvalue weighted by molar-refractivity contribution is 7.14. The van der Waals surface area contributed by atoms with E-state index in [4.69, 9.17) is 15.6 Å². The second-order valence-corrected chi connectivity index (χ2v) is 7.76. The van der Waals surface area contributed by atoms with Crippen LogP contribution in [0.1, 0.15) is 0 Å². The van der Waals surface area contributed by atoms with Gasteiger partial charge in [0.2, 0.25) is 5.13 Å². The highest BCUT2D eigenvalue weighted by atomic mass is 32.1. The van der Waals surface area contributed by atoms with Gasteiger partial charge in [0.05, 0.1) is 18.5 Å². The third-order valence-electron chi connectivity index (χ3n) is 5.06. The number of methoxy groups -OCH3 is 1. The van der Waals surface area contributed by atoms with Crippen molar-refractivity contribution < 1.29 is 4.74 Å². The average molecular weight is 396 g/mol. The smallest absolute Gasteiger partial charge is 0.205 e. The van der Waals surface area contributed by atoms with E-state index in [1.54, 1.807) is 12.1 Å². The van der Waals surface area contributed by atoms with Crippen molar-refractivity contribution >= 4 is 27.8 Å². The largest absolute Gasteiger partial charge is 0.497 e. The average Bonchev–Trinajstić information content (AvgIpc) is 3.24. The molecule has 0 unspecified atom stereocenters. The fourth-order valence-corrected chi connectivity index (χ4v) is 4.06. The number of benzene rings is 2. The molecule has 0 amide bonds. The van der Waals surface area contributed by atoms with Gasteiger partial charge in [0.15, 0.2) is 0 Å². The normalized spacial score (nSPS) is 14.9. The van der Waals surface area contributed by atoms with Gasteiger partial charge in [-0.05, 0) is 31.3 Å². The molecule has 0 spiro atoms. The van der Waals surface area contributed by atoms with Gasteiger partial charge >= 0.3 is 0 Å². The fraction of sp³-hybridized carbons (Fsp3) is 0.286. The third kappa shape index (κ3) is 3.96. The lowest BCUT2D eigenvalue weighted by molar-refractivity contribution is 0.313. The first-order valence-corrected chi connectivity index (χ1v) is 10.2. The summed E-state index contributed by atoms with van der Waals surface area (Å²) >= 11 is 1.53. The zero-order valence-corrected chi connectivity index (χ0v) is 17.0. The molecule has 1 aromatic heterocycles. The van der Waals surface area contributed by atoms with Crippen molar-refractivity contribution in [3.8, 4) is 17.0 Å². The Morgan fingerprint density at radius 1 is 1.07 bits per heavy atom. The number of rotatable bonds is 5. The van der Waals surface area contributed by atoms with E-state index in [0.29, 0.717) is 0 Å². The zero-order valence-electron chi connectivity index (χ0n) is 16.2. The Morgan fingerprint density at radius 2 is 1.82 bits per heavy atom. The molecule has 1 aliphatic heterocycles. The Kier molecular flexibility index (Phi) is 5.47. The molecular formula is C21H25N5OS. The van der Waals surface area contributed by atoms with E-state index in [2.05, 4.69) is 41.1 Å². The summed E-state index contributed by atoms with van der Waals surface area (Å²) in [6.45, 7) is 4.35. The third-order valence-corrected chi connectivity index (χ3v) is 5.90. The molecule has 2 N–H and O–H groups in total. The predicted octanol–water partition coefficient (Wildman–Crippen LogP) is 3.58. The van der Waals surface area contributed by atoms with Gasteiger partial charge in [0.1, 0.15) is 5.75 Å². The Labute approximate surface area is 169 Å². The van der Waals surface area contributed by atoms with Gasteiger partial charge in [-0.2, -0.15) is 0 Å². The maximum absolute atomic E-state index is 6.28. The molecule has 6 nitrogen and oxygen atoms in total. The van der Waals surface area contributed by atoms with E-state index in [1.165, 1.54) is 17.0 Å². The number of nitrogens with zero attached hydrogens (tertiary/aromatic N) is 4. The Balaban J connectivity index is 1.49. The van der Waals surface area contributed by atoms with Crippen molar-refractivity contribution in [2.45, 2.75) is 0 Å². The van der Waals surface area contributed by atoms with Crippen molar-refractivity contribution in [2.75, 3.05) is 50.2 Å². The van der Waals surface area contributed by atoms with E-state index in [0.717, 1.165) is 54.0 Å². The molecular weight excluding hydrogens is 370 g/mol. The number of thiazole rings is 1. The van der Waals surface area contributed by atoms with Crippen LogP contribution in [0.5, 0.6) is 5.75 Å². The monoisotopic (exact) mass is 395 g/mol. The summed E-state index contributed by atoms with van der Waals surface area (Å²) < 4.78 is 5.28. The Bertz CT molecular complexity index is 919. The number of hydrazine groups is 1. The minimum atomic E-state index is 0.742. The van der Waals surface area contributed by atoms with Crippen LogP contribution in [-0.2, 0) is 0 Å². The van der Waals surface area contributed by atoms with Crippen molar-refractivity contribution in [3.63, 3.8) is 0 Å². The molecule has 0 aliphatic carbocycles. The minimum Gasteiger partial charge on any atom is -0.497 e. The number of ether oxygens (including phenoxy) is 1. The van der Waals surface area contributed by atoms with Gasteiger partial charge in [-0.3, -0.25) is 5.01 Å². The molecule has 28 heavy (non-hydrogen) atoms. The van der Waals surface area contributed by atoms with Crippen molar-refractivity contribution in [1.82, 2.24) is 9.88 Å². The fourth-order valence-electron chi connectivity index (χ4n) is 3.29. The van der Waals surface area contributed by atoms with Gasteiger partial charge in [-0.25, -0.2) is 10.8 Å². The standard InChI is InChI=1S/C21H25N5OS/c1-24-10-12-25(13-11-24)17-8-6-16(7-9-17)20-15-28-21(23-20)26(22)18-4-3-5-19(14-18)27-2/h3-9,14-15H,10-13,22H2,1-2H3. The van der Waals surface area contributed by atoms with E-state index in [9.17, 15) is 0 Å². The zero-order chi connectivity index (χ0) is 19.5. The lowest BCUT2D eigenvalue weighted by Crippen LogP contribution is -2.44. The van der Waals surface area contributed by atoms with Crippen molar-refractivity contribution in [1.29, 1.82) is 0 Å². The summed E-state index contributed by atoms with van der Waals surface area (Å²) in [6.07, 6.45) is 0. The molecule has 7 heteroatoms. The summed E-state index contributed by atoms with van der Waals surface area (Å²) in [5.41, 5.74) is 4.14. The second kappa shape index (κ2) is 8.18. The first-order chi connectivity index (χ1) is 13.6.